The number of esters is 3. The van der Waals surface area contributed by atoms with Gasteiger partial charge in [0.1, 0.15) is 13.2 Å². The molecule has 0 spiro atoms. The van der Waals surface area contributed by atoms with Gasteiger partial charge in [-0.05, 0) is 135 Å². The van der Waals surface area contributed by atoms with E-state index < -0.39 is 6.10 Å². The van der Waals surface area contributed by atoms with Gasteiger partial charge in [0.15, 0.2) is 6.10 Å². The highest BCUT2D eigenvalue weighted by Gasteiger charge is 2.19. The summed E-state index contributed by atoms with van der Waals surface area (Å²) in [6.07, 6.45) is 94.7. The van der Waals surface area contributed by atoms with Crippen molar-refractivity contribution in [3.63, 3.8) is 0 Å². The van der Waals surface area contributed by atoms with E-state index in [9.17, 15) is 14.4 Å². The highest BCUT2D eigenvalue weighted by Crippen LogP contribution is 2.15. The first kappa shape index (κ1) is 75.5. The normalized spacial score (nSPS) is 13.0. The molecule has 0 saturated heterocycles. The van der Waals surface area contributed by atoms with E-state index in [0.717, 1.165) is 148 Å². The van der Waals surface area contributed by atoms with Crippen LogP contribution in [0.5, 0.6) is 0 Å². The summed E-state index contributed by atoms with van der Waals surface area (Å²) in [5.74, 6) is -0.918. The first-order valence-corrected chi connectivity index (χ1v) is 33.2. The smallest absolute Gasteiger partial charge is 0.306 e. The van der Waals surface area contributed by atoms with Gasteiger partial charge in [-0.15, -0.1) is 0 Å². The highest BCUT2D eigenvalue weighted by atomic mass is 16.6. The number of hydrogen-bond acceptors (Lipinski definition) is 6. The van der Waals surface area contributed by atoms with E-state index in [4.69, 9.17) is 14.2 Å². The summed E-state index contributed by atoms with van der Waals surface area (Å²) < 4.78 is 16.9. The number of carbonyl (C=O) groups is 3. The number of carbonyl (C=O) groups excluding carboxylic acids is 3. The van der Waals surface area contributed by atoms with Gasteiger partial charge in [0, 0.05) is 19.3 Å². The van der Waals surface area contributed by atoms with Crippen LogP contribution < -0.4 is 0 Å². The third-order valence-corrected chi connectivity index (χ3v) is 13.8. The van der Waals surface area contributed by atoms with Crippen LogP contribution in [0.25, 0.3) is 0 Å². The monoisotopic (exact) mass is 1110 g/mol. The lowest BCUT2D eigenvalue weighted by Crippen LogP contribution is -2.30. The van der Waals surface area contributed by atoms with Gasteiger partial charge in [-0.25, -0.2) is 0 Å². The van der Waals surface area contributed by atoms with Crippen LogP contribution in [0.3, 0.4) is 0 Å². The Balaban J connectivity index is 4.30. The van der Waals surface area contributed by atoms with Crippen molar-refractivity contribution in [1.29, 1.82) is 0 Å². The maximum absolute atomic E-state index is 12.9. The van der Waals surface area contributed by atoms with E-state index >= 15 is 0 Å². The van der Waals surface area contributed by atoms with Crippen LogP contribution in [-0.4, -0.2) is 37.2 Å². The quantitative estimate of drug-likeness (QED) is 0.0261. The van der Waals surface area contributed by atoms with E-state index in [1.54, 1.807) is 0 Å². The molecule has 1 atom stereocenters. The minimum atomic E-state index is -0.795. The Morgan fingerprint density at radius 2 is 0.512 bits per heavy atom. The van der Waals surface area contributed by atoms with Crippen LogP contribution in [-0.2, 0) is 28.6 Å². The standard InChI is InChI=1S/C74H122O6/c1-4-7-10-13-16-19-22-24-26-28-30-32-34-35-36-37-38-39-41-42-44-46-48-50-52-55-58-61-64-67-73(76)79-70-71(69-78-72(75)66-63-60-57-54-21-18-15-12-9-6-3)80-74(77)68-65-62-59-56-53-51-49-47-45-43-40-33-31-29-27-25-23-20-17-14-11-8-5-2/h7,10,12,15-16,19,23-26,29-32,35-36,38-40,42-44,71H,4-6,8-9,11,13-14,17-18,20-22,27-28,33-34,37,41,45-70H2,1-3H3/b10-7-,15-12-,19-16-,25-23-,26-24-,31-29-,32-30-,36-35-,39-38-,43-40-,44-42-. The van der Waals surface area contributed by atoms with Gasteiger partial charge < -0.3 is 14.2 Å². The number of hydrogen-bond donors (Lipinski definition) is 0. The molecule has 0 rings (SSSR count). The summed E-state index contributed by atoms with van der Waals surface area (Å²) in [6, 6.07) is 0. The van der Waals surface area contributed by atoms with Gasteiger partial charge in [-0.1, -0.05) is 276 Å². The fraction of sp³-hybridized carbons (Fsp3) is 0.662. The number of rotatable bonds is 59. The van der Waals surface area contributed by atoms with E-state index in [2.05, 4.69) is 154 Å². The maximum Gasteiger partial charge on any atom is 0.306 e. The SMILES string of the molecule is CC/C=C\C/C=C\C/C=C\C/C=C\C/C=C\C/C=C\C/C=C\CCCCCCCCCC(=O)OCC(COC(=O)CCCCCCC/C=C\CCC)OC(=O)CCCCCCCCCC/C=C\C/C=C\C/C=C\CCCCCCC. The Morgan fingerprint density at radius 3 is 0.825 bits per heavy atom. The minimum absolute atomic E-state index is 0.0920. The predicted molar refractivity (Wildman–Crippen MR) is 348 cm³/mol. The molecule has 0 saturated carbocycles. The first-order chi connectivity index (χ1) is 39.5. The molecule has 6 heteroatoms. The number of allylic oxidation sites excluding steroid dienone is 22. The fourth-order valence-electron chi connectivity index (χ4n) is 8.90. The summed E-state index contributed by atoms with van der Waals surface area (Å²) in [4.78, 5) is 38.3. The zero-order chi connectivity index (χ0) is 57.8. The van der Waals surface area contributed by atoms with Crippen molar-refractivity contribution in [2.75, 3.05) is 13.2 Å². The van der Waals surface area contributed by atoms with Gasteiger partial charge in [-0.2, -0.15) is 0 Å². The van der Waals surface area contributed by atoms with Gasteiger partial charge in [0.25, 0.3) is 0 Å². The highest BCUT2D eigenvalue weighted by molar-refractivity contribution is 5.71. The van der Waals surface area contributed by atoms with Gasteiger partial charge in [0.05, 0.1) is 0 Å². The minimum Gasteiger partial charge on any atom is -0.462 e. The molecule has 0 N–H and O–H groups in total. The van der Waals surface area contributed by atoms with E-state index in [0.29, 0.717) is 19.3 Å². The molecule has 0 fully saturated rings. The molecule has 454 valence electrons. The lowest BCUT2D eigenvalue weighted by molar-refractivity contribution is -0.167. The summed E-state index contributed by atoms with van der Waals surface area (Å²) in [5, 5.41) is 0. The topological polar surface area (TPSA) is 78.9 Å². The Bertz CT molecular complexity index is 1700. The van der Waals surface area contributed by atoms with Crippen LogP contribution in [0.1, 0.15) is 297 Å². The molecule has 0 amide bonds. The Morgan fingerprint density at radius 1 is 0.263 bits per heavy atom. The molecular weight excluding hydrogens is 985 g/mol. The molecule has 0 aliphatic carbocycles. The first-order valence-electron chi connectivity index (χ1n) is 33.2. The Hall–Kier alpha value is -4.45. The number of ether oxygens (including phenoxy) is 3. The molecule has 0 aromatic rings. The Kier molecular flexibility index (Phi) is 63.3. The molecule has 0 aromatic carbocycles. The molecule has 0 radical (unpaired) electrons. The third kappa shape index (κ3) is 64.4. The fourth-order valence-corrected chi connectivity index (χ4v) is 8.90. The molecule has 0 aliphatic rings. The van der Waals surface area contributed by atoms with Crippen molar-refractivity contribution in [3.05, 3.63) is 134 Å². The van der Waals surface area contributed by atoms with E-state index in [1.165, 1.54) is 109 Å². The summed E-state index contributed by atoms with van der Waals surface area (Å²) in [6.45, 7) is 6.44. The van der Waals surface area contributed by atoms with Crippen molar-refractivity contribution >= 4 is 17.9 Å². The number of unbranched alkanes of at least 4 members (excludes halogenated alkanes) is 26. The van der Waals surface area contributed by atoms with Gasteiger partial charge >= 0.3 is 17.9 Å². The molecule has 6 nitrogen and oxygen atoms in total. The van der Waals surface area contributed by atoms with Crippen LogP contribution in [0.15, 0.2) is 134 Å². The molecule has 0 aromatic heterocycles. The van der Waals surface area contributed by atoms with Crippen molar-refractivity contribution < 1.29 is 28.6 Å². The second-order valence-corrected chi connectivity index (χ2v) is 21.6. The second-order valence-electron chi connectivity index (χ2n) is 21.6. The lowest BCUT2D eigenvalue weighted by atomic mass is 10.1. The summed E-state index contributed by atoms with van der Waals surface area (Å²) >= 11 is 0. The van der Waals surface area contributed by atoms with Crippen LogP contribution >= 0.6 is 0 Å². The van der Waals surface area contributed by atoms with Crippen molar-refractivity contribution in [1.82, 2.24) is 0 Å². The molecule has 0 aliphatic heterocycles. The predicted octanol–water partition coefficient (Wildman–Crippen LogP) is 22.9. The van der Waals surface area contributed by atoms with E-state index in [1.807, 2.05) is 0 Å². The van der Waals surface area contributed by atoms with Crippen molar-refractivity contribution in [3.8, 4) is 0 Å². The van der Waals surface area contributed by atoms with Crippen LogP contribution in [0.2, 0.25) is 0 Å². The summed E-state index contributed by atoms with van der Waals surface area (Å²) in [5.41, 5.74) is 0. The molecule has 0 bridgehead atoms. The largest absolute Gasteiger partial charge is 0.462 e. The van der Waals surface area contributed by atoms with Crippen molar-refractivity contribution in [2.24, 2.45) is 0 Å². The molecule has 0 heterocycles. The van der Waals surface area contributed by atoms with Gasteiger partial charge in [0.2, 0.25) is 0 Å². The van der Waals surface area contributed by atoms with Crippen LogP contribution in [0, 0.1) is 0 Å². The molecular formula is C74H122O6. The van der Waals surface area contributed by atoms with Crippen LogP contribution in [0.4, 0.5) is 0 Å². The van der Waals surface area contributed by atoms with E-state index in [-0.39, 0.29) is 31.1 Å². The third-order valence-electron chi connectivity index (χ3n) is 13.8. The van der Waals surface area contributed by atoms with Gasteiger partial charge in [-0.3, -0.25) is 14.4 Å². The molecule has 1 unspecified atom stereocenters. The summed E-state index contributed by atoms with van der Waals surface area (Å²) in [7, 11) is 0. The average Bonchev–Trinajstić information content (AvgIpc) is 3.46. The zero-order valence-electron chi connectivity index (χ0n) is 52.0. The second kappa shape index (κ2) is 67.1. The lowest BCUT2D eigenvalue weighted by Gasteiger charge is -2.18. The van der Waals surface area contributed by atoms with Crippen molar-refractivity contribution in [2.45, 2.75) is 303 Å². The average molecular weight is 1110 g/mol. The molecule has 80 heavy (non-hydrogen) atoms. The zero-order valence-corrected chi connectivity index (χ0v) is 52.0. The Labute approximate surface area is 494 Å². The maximum atomic E-state index is 12.9.